The first-order chi connectivity index (χ1) is 10.8. The highest BCUT2D eigenvalue weighted by Crippen LogP contribution is 2.08. The van der Waals surface area contributed by atoms with Crippen LogP contribution in [0, 0.1) is 11.8 Å². The largest absolute Gasteiger partial charge is 0.443 e. The van der Waals surface area contributed by atoms with Crippen LogP contribution in [0.4, 0.5) is 0 Å². The van der Waals surface area contributed by atoms with Gasteiger partial charge in [-0.25, -0.2) is 0 Å². The third kappa shape index (κ3) is 6.06. The predicted octanol–water partition coefficient (Wildman–Crippen LogP) is 0.852. The number of carbonyl (C=O) groups is 1. The number of rotatable bonds is 4. The van der Waals surface area contributed by atoms with Crippen LogP contribution in [0.3, 0.4) is 0 Å². The van der Waals surface area contributed by atoms with Gasteiger partial charge in [-0.1, -0.05) is 5.92 Å². The molecule has 2 rings (SSSR count). The van der Waals surface area contributed by atoms with Crippen LogP contribution in [-0.4, -0.2) is 60.4 Å². The second-order valence-corrected chi connectivity index (χ2v) is 6.26. The molecule has 0 radical (unpaired) electrons. The molecule has 1 aliphatic heterocycles. The number of nitrogens with one attached hydrogen (secondary N) is 1. The SMILES string of the molecule is C[C@H](CN1CCOCC1)NC(=O)c1ccc(C#CC(C)(C)O)o1. The zero-order valence-electron chi connectivity index (χ0n) is 13.9. The van der Waals surface area contributed by atoms with Crippen LogP contribution >= 0.6 is 0 Å². The molecule has 1 aromatic rings. The molecule has 1 saturated heterocycles. The van der Waals surface area contributed by atoms with E-state index in [4.69, 9.17) is 9.15 Å². The molecule has 0 saturated carbocycles. The smallest absolute Gasteiger partial charge is 0.287 e. The van der Waals surface area contributed by atoms with E-state index in [-0.39, 0.29) is 17.7 Å². The normalized spacial score (nSPS) is 17.2. The van der Waals surface area contributed by atoms with Crippen LogP contribution in [0.25, 0.3) is 0 Å². The minimum absolute atomic E-state index is 0.0107. The van der Waals surface area contributed by atoms with E-state index in [1.165, 1.54) is 0 Å². The van der Waals surface area contributed by atoms with Crippen LogP contribution in [0.5, 0.6) is 0 Å². The summed E-state index contributed by atoms with van der Waals surface area (Å²) in [5.74, 6) is 5.68. The molecule has 0 aromatic carbocycles. The Kier molecular flexibility index (Phi) is 5.83. The lowest BCUT2D eigenvalue weighted by Gasteiger charge is -2.29. The number of hydrogen-bond donors (Lipinski definition) is 2. The van der Waals surface area contributed by atoms with Crippen molar-refractivity contribution in [2.45, 2.75) is 32.4 Å². The van der Waals surface area contributed by atoms with Crippen molar-refractivity contribution in [2.75, 3.05) is 32.8 Å². The van der Waals surface area contributed by atoms with E-state index < -0.39 is 5.60 Å². The van der Waals surface area contributed by atoms with E-state index in [0.717, 1.165) is 32.8 Å². The second-order valence-electron chi connectivity index (χ2n) is 6.26. The van der Waals surface area contributed by atoms with Gasteiger partial charge in [0.15, 0.2) is 11.5 Å². The van der Waals surface area contributed by atoms with Crippen LogP contribution < -0.4 is 5.32 Å². The molecule has 0 bridgehead atoms. The van der Waals surface area contributed by atoms with Crippen molar-refractivity contribution in [1.82, 2.24) is 10.2 Å². The zero-order chi connectivity index (χ0) is 16.9. The number of ether oxygens (including phenoxy) is 1. The number of nitrogens with zero attached hydrogens (tertiary/aromatic N) is 1. The van der Waals surface area contributed by atoms with Gasteiger partial charge in [0.05, 0.1) is 13.2 Å². The first kappa shape index (κ1) is 17.5. The number of amides is 1. The number of aliphatic hydroxyl groups is 1. The zero-order valence-corrected chi connectivity index (χ0v) is 13.9. The summed E-state index contributed by atoms with van der Waals surface area (Å²) in [6.07, 6.45) is 0. The molecule has 1 amide bonds. The lowest BCUT2D eigenvalue weighted by atomic mass is 10.1. The van der Waals surface area contributed by atoms with E-state index in [2.05, 4.69) is 22.1 Å². The Labute approximate surface area is 136 Å². The van der Waals surface area contributed by atoms with E-state index in [0.29, 0.717) is 5.76 Å². The molecule has 2 N–H and O–H groups in total. The minimum atomic E-state index is -1.10. The van der Waals surface area contributed by atoms with Gasteiger partial charge in [0.1, 0.15) is 5.60 Å². The minimum Gasteiger partial charge on any atom is -0.443 e. The highest BCUT2D eigenvalue weighted by atomic mass is 16.5. The summed E-state index contributed by atoms with van der Waals surface area (Å²) in [6, 6.07) is 3.22. The summed E-state index contributed by atoms with van der Waals surface area (Å²) in [6.45, 7) is 9.17. The lowest BCUT2D eigenvalue weighted by Crippen LogP contribution is -2.45. The van der Waals surface area contributed by atoms with Gasteiger partial charge < -0.3 is 19.6 Å². The van der Waals surface area contributed by atoms with Crippen molar-refractivity contribution in [2.24, 2.45) is 0 Å². The van der Waals surface area contributed by atoms with Gasteiger partial charge in [0, 0.05) is 25.7 Å². The molecule has 1 aromatic heterocycles. The molecule has 1 fully saturated rings. The summed E-state index contributed by atoms with van der Waals surface area (Å²) in [5, 5.41) is 12.5. The standard InChI is InChI=1S/C17H24N2O4/c1-13(12-19-8-10-22-11-9-19)18-16(20)15-5-4-14(23-15)6-7-17(2,3)21/h4-5,13,21H,8-12H2,1-3H3,(H,18,20)/t13-/m1/s1. The molecule has 1 atom stereocenters. The molecular formula is C17H24N2O4. The average molecular weight is 320 g/mol. The van der Waals surface area contributed by atoms with Crippen molar-refractivity contribution in [3.05, 3.63) is 23.7 Å². The number of hydrogen-bond acceptors (Lipinski definition) is 5. The van der Waals surface area contributed by atoms with Crippen molar-refractivity contribution in [3.63, 3.8) is 0 Å². The number of morpholine rings is 1. The summed E-state index contributed by atoms with van der Waals surface area (Å²) < 4.78 is 10.7. The predicted molar refractivity (Wildman–Crippen MR) is 86.1 cm³/mol. The lowest BCUT2D eigenvalue weighted by molar-refractivity contribution is 0.0341. The molecule has 0 spiro atoms. The van der Waals surface area contributed by atoms with Crippen molar-refractivity contribution >= 4 is 5.91 Å². The van der Waals surface area contributed by atoms with Gasteiger partial charge >= 0.3 is 0 Å². The fraction of sp³-hybridized carbons (Fsp3) is 0.588. The van der Waals surface area contributed by atoms with E-state index in [1.54, 1.807) is 26.0 Å². The fourth-order valence-electron chi connectivity index (χ4n) is 2.25. The fourth-order valence-corrected chi connectivity index (χ4v) is 2.25. The Morgan fingerprint density at radius 3 is 2.78 bits per heavy atom. The quantitative estimate of drug-likeness (QED) is 0.805. The van der Waals surface area contributed by atoms with Crippen molar-refractivity contribution in [1.29, 1.82) is 0 Å². The summed E-state index contributed by atoms with van der Waals surface area (Å²) >= 11 is 0. The third-order valence-corrected chi connectivity index (χ3v) is 3.33. The first-order valence-electron chi connectivity index (χ1n) is 7.80. The first-order valence-corrected chi connectivity index (χ1v) is 7.80. The maximum atomic E-state index is 12.2. The van der Waals surface area contributed by atoms with E-state index >= 15 is 0 Å². The topological polar surface area (TPSA) is 74.9 Å². The highest BCUT2D eigenvalue weighted by Gasteiger charge is 2.17. The van der Waals surface area contributed by atoms with Crippen molar-refractivity contribution in [3.8, 4) is 11.8 Å². The maximum absolute atomic E-state index is 12.2. The average Bonchev–Trinajstić information content (AvgIpc) is 2.94. The molecule has 6 heteroatoms. The van der Waals surface area contributed by atoms with Gasteiger partial charge in [0.25, 0.3) is 5.91 Å². The third-order valence-electron chi connectivity index (χ3n) is 3.33. The second kappa shape index (κ2) is 7.64. The summed E-state index contributed by atoms with van der Waals surface area (Å²) in [7, 11) is 0. The molecule has 23 heavy (non-hydrogen) atoms. The Bertz CT molecular complexity index is 586. The molecule has 6 nitrogen and oxygen atoms in total. The number of furan rings is 1. The Morgan fingerprint density at radius 2 is 2.13 bits per heavy atom. The maximum Gasteiger partial charge on any atom is 0.287 e. The summed E-state index contributed by atoms with van der Waals surface area (Å²) in [5.41, 5.74) is -1.10. The van der Waals surface area contributed by atoms with Gasteiger partial charge in [0.2, 0.25) is 0 Å². The van der Waals surface area contributed by atoms with E-state index in [1.807, 2.05) is 6.92 Å². The monoisotopic (exact) mass is 320 g/mol. The van der Waals surface area contributed by atoms with Crippen LogP contribution in [0.15, 0.2) is 16.5 Å². The van der Waals surface area contributed by atoms with Crippen LogP contribution in [0.2, 0.25) is 0 Å². The molecular weight excluding hydrogens is 296 g/mol. The Morgan fingerprint density at radius 1 is 1.43 bits per heavy atom. The molecule has 126 valence electrons. The highest BCUT2D eigenvalue weighted by molar-refractivity contribution is 5.91. The Balaban J connectivity index is 1.87. The van der Waals surface area contributed by atoms with Crippen molar-refractivity contribution < 1.29 is 19.1 Å². The molecule has 1 aliphatic rings. The summed E-state index contributed by atoms with van der Waals surface area (Å²) in [4.78, 5) is 14.4. The molecule has 0 unspecified atom stereocenters. The molecule has 0 aliphatic carbocycles. The number of carbonyl (C=O) groups excluding carboxylic acids is 1. The van der Waals surface area contributed by atoms with Crippen LogP contribution in [0.1, 0.15) is 37.1 Å². The van der Waals surface area contributed by atoms with Crippen LogP contribution in [-0.2, 0) is 4.74 Å². The molecule has 2 heterocycles. The van der Waals surface area contributed by atoms with Gasteiger partial charge in [-0.2, -0.15) is 0 Å². The van der Waals surface area contributed by atoms with Gasteiger partial charge in [-0.05, 0) is 38.8 Å². The Hall–Kier alpha value is -1.81. The van der Waals surface area contributed by atoms with E-state index in [9.17, 15) is 9.90 Å². The van der Waals surface area contributed by atoms with Gasteiger partial charge in [-0.15, -0.1) is 0 Å². The van der Waals surface area contributed by atoms with Gasteiger partial charge in [-0.3, -0.25) is 9.69 Å².